The third-order valence-electron chi connectivity index (χ3n) is 4.13. The molecule has 0 fully saturated rings. The zero-order valence-electron chi connectivity index (χ0n) is 10.8. The van der Waals surface area contributed by atoms with Crippen molar-refractivity contribution < 1.29 is 10.2 Å². The molecule has 1 aliphatic carbocycles. The summed E-state index contributed by atoms with van der Waals surface area (Å²) in [6, 6.07) is 19.8. The molecule has 0 heterocycles. The van der Waals surface area contributed by atoms with Gasteiger partial charge in [-0.25, -0.2) is 0 Å². The lowest BCUT2D eigenvalue weighted by atomic mass is 9.80. The number of rotatable bonds is 0. The summed E-state index contributed by atoms with van der Waals surface area (Å²) in [6.45, 7) is 0. The fraction of sp³-hybridized carbons (Fsp3) is 0.111. The fourth-order valence-electron chi connectivity index (χ4n) is 3.16. The smallest absolute Gasteiger partial charge is 0.110 e. The van der Waals surface area contributed by atoms with E-state index in [0.717, 1.165) is 33.0 Å². The highest BCUT2D eigenvalue weighted by atomic mass is 16.3. The van der Waals surface area contributed by atoms with Gasteiger partial charge in [-0.05, 0) is 33.0 Å². The summed E-state index contributed by atoms with van der Waals surface area (Å²) >= 11 is 0. The second-order valence-corrected chi connectivity index (χ2v) is 5.23. The molecule has 0 saturated carbocycles. The number of aliphatic hydroxyl groups is 2. The van der Waals surface area contributed by atoms with Crippen molar-refractivity contribution in [3.05, 3.63) is 71.8 Å². The Labute approximate surface area is 116 Å². The van der Waals surface area contributed by atoms with Gasteiger partial charge in [-0.3, -0.25) is 0 Å². The Hall–Kier alpha value is -2.16. The van der Waals surface area contributed by atoms with Crippen LogP contribution in [0.15, 0.2) is 60.7 Å². The second kappa shape index (κ2) is 4.17. The van der Waals surface area contributed by atoms with Crippen molar-refractivity contribution >= 4 is 10.8 Å². The van der Waals surface area contributed by atoms with Crippen LogP contribution in [0.5, 0.6) is 0 Å². The second-order valence-electron chi connectivity index (χ2n) is 5.23. The highest BCUT2D eigenvalue weighted by molar-refractivity contribution is 6.00. The zero-order valence-corrected chi connectivity index (χ0v) is 10.8. The van der Waals surface area contributed by atoms with E-state index >= 15 is 0 Å². The van der Waals surface area contributed by atoms with Gasteiger partial charge in [0.05, 0.1) is 0 Å². The third-order valence-corrected chi connectivity index (χ3v) is 4.13. The predicted molar refractivity (Wildman–Crippen MR) is 79.3 cm³/mol. The molecule has 2 N–H and O–H groups in total. The van der Waals surface area contributed by atoms with Crippen LogP contribution in [0.4, 0.5) is 0 Å². The van der Waals surface area contributed by atoms with E-state index in [0.29, 0.717) is 0 Å². The quantitative estimate of drug-likeness (QED) is 0.650. The molecular formula is C18H14O2. The average Bonchev–Trinajstić information content (AvgIpc) is 2.51. The molecule has 3 aromatic rings. The van der Waals surface area contributed by atoms with Gasteiger partial charge < -0.3 is 10.2 Å². The van der Waals surface area contributed by atoms with Crippen LogP contribution < -0.4 is 0 Å². The molecule has 0 radical (unpaired) electrons. The van der Waals surface area contributed by atoms with Gasteiger partial charge in [-0.15, -0.1) is 0 Å². The van der Waals surface area contributed by atoms with E-state index in [9.17, 15) is 10.2 Å². The van der Waals surface area contributed by atoms with Gasteiger partial charge in [-0.1, -0.05) is 60.7 Å². The van der Waals surface area contributed by atoms with E-state index in [1.807, 2.05) is 48.5 Å². The molecule has 98 valence electrons. The molecule has 2 atom stereocenters. The minimum absolute atomic E-state index is 0.795. The Kier molecular flexibility index (Phi) is 2.43. The van der Waals surface area contributed by atoms with Crippen LogP contribution in [-0.4, -0.2) is 10.2 Å². The molecule has 1 aliphatic rings. The molecule has 0 bridgehead atoms. The number of hydrogen-bond acceptors (Lipinski definition) is 2. The first kappa shape index (κ1) is 11.6. The standard InChI is InChI=1S/C18H14O2/c19-17-14-8-4-3-7-13(14)16-12-6-2-1-5-11(12)9-10-15(16)18(17)20/h1-10,17-20H. The molecule has 4 rings (SSSR count). The molecule has 0 aromatic heterocycles. The Morgan fingerprint density at radius 3 is 2.25 bits per heavy atom. The topological polar surface area (TPSA) is 40.5 Å². The van der Waals surface area contributed by atoms with Crippen molar-refractivity contribution in [2.45, 2.75) is 12.2 Å². The van der Waals surface area contributed by atoms with Gasteiger partial charge >= 0.3 is 0 Å². The van der Waals surface area contributed by atoms with Gasteiger partial charge in [0.1, 0.15) is 12.2 Å². The minimum Gasteiger partial charge on any atom is -0.385 e. The number of aliphatic hydroxyl groups excluding tert-OH is 2. The summed E-state index contributed by atoms with van der Waals surface area (Å²) in [4.78, 5) is 0. The van der Waals surface area contributed by atoms with Crippen molar-refractivity contribution in [1.82, 2.24) is 0 Å². The summed E-state index contributed by atoms with van der Waals surface area (Å²) < 4.78 is 0. The van der Waals surface area contributed by atoms with Crippen LogP contribution in [0.3, 0.4) is 0 Å². The molecule has 3 aromatic carbocycles. The summed E-state index contributed by atoms with van der Waals surface area (Å²) in [7, 11) is 0. The fourth-order valence-corrected chi connectivity index (χ4v) is 3.16. The summed E-state index contributed by atoms with van der Waals surface area (Å²) in [6.07, 6.45) is -1.73. The van der Waals surface area contributed by atoms with E-state index < -0.39 is 12.2 Å². The Balaban J connectivity index is 2.16. The Bertz CT molecular complexity index is 807. The van der Waals surface area contributed by atoms with Gasteiger partial charge in [0.25, 0.3) is 0 Å². The normalized spacial score (nSPS) is 20.5. The summed E-state index contributed by atoms with van der Waals surface area (Å²) in [5.74, 6) is 0. The van der Waals surface area contributed by atoms with Crippen molar-refractivity contribution in [2.24, 2.45) is 0 Å². The number of hydrogen-bond donors (Lipinski definition) is 2. The van der Waals surface area contributed by atoms with Crippen molar-refractivity contribution in [3.8, 4) is 11.1 Å². The molecule has 20 heavy (non-hydrogen) atoms. The molecule has 0 saturated heterocycles. The highest BCUT2D eigenvalue weighted by Crippen LogP contribution is 2.46. The summed E-state index contributed by atoms with van der Waals surface area (Å²) in [5.41, 5.74) is 3.65. The van der Waals surface area contributed by atoms with Gasteiger partial charge in [0.2, 0.25) is 0 Å². The van der Waals surface area contributed by atoms with E-state index in [-0.39, 0.29) is 0 Å². The lowest BCUT2D eigenvalue weighted by molar-refractivity contribution is 0.0159. The first-order valence-corrected chi connectivity index (χ1v) is 6.74. The van der Waals surface area contributed by atoms with Crippen molar-refractivity contribution in [3.63, 3.8) is 0 Å². The minimum atomic E-state index is -0.871. The molecular weight excluding hydrogens is 248 g/mol. The molecule has 0 spiro atoms. The largest absolute Gasteiger partial charge is 0.385 e. The Morgan fingerprint density at radius 2 is 1.35 bits per heavy atom. The monoisotopic (exact) mass is 262 g/mol. The number of fused-ring (bicyclic) bond motifs is 5. The van der Waals surface area contributed by atoms with Crippen LogP contribution in [0, 0.1) is 0 Å². The van der Waals surface area contributed by atoms with Gasteiger partial charge in [-0.2, -0.15) is 0 Å². The Morgan fingerprint density at radius 1 is 0.650 bits per heavy atom. The molecule has 0 aliphatic heterocycles. The molecule has 2 unspecified atom stereocenters. The van der Waals surface area contributed by atoms with Crippen LogP contribution in [0.1, 0.15) is 23.3 Å². The van der Waals surface area contributed by atoms with E-state index in [1.54, 1.807) is 0 Å². The van der Waals surface area contributed by atoms with Crippen LogP contribution in [0.2, 0.25) is 0 Å². The number of benzene rings is 3. The maximum atomic E-state index is 10.4. The zero-order chi connectivity index (χ0) is 13.7. The predicted octanol–water partition coefficient (Wildman–Crippen LogP) is 3.59. The van der Waals surface area contributed by atoms with E-state index in [4.69, 9.17) is 0 Å². The maximum absolute atomic E-state index is 10.4. The lowest BCUT2D eigenvalue weighted by Gasteiger charge is -2.30. The van der Waals surface area contributed by atoms with Crippen LogP contribution in [-0.2, 0) is 0 Å². The van der Waals surface area contributed by atoms with Crippen LogP contribution >= 0.6 is 0 Å². The first-order valence-electron chi connectivity index (χ1n) is 6.74. The summed E-state index contributed by atoms with van der Waals surface area (Å²) in [5, 5.41) is 22.9. The van der Waals surface area contributed by atoms with Crippen molar-refractivity contribution in [2.75, 3.05) is 0 Å². The SMILES string of the molecule is OC1c2ccccc2-c2c(ccc3ccccc23)C1O. The molecule has 2 nitrogen and oxygen atoms in total. The molecule has 0 amide bonds. The molecule has 2 heteroatoms. The van der Waals surface area contributed by atoms with Gasteiger partial charge in [0.15, 0.2) is 0 Å². The maximum Gasteiger partial charge on any atom is 0.110 e. The highest BCUT2D eigenvalue weighted by Gasteiger charge is 2.31. The van der Waals surface area contributed by atoms with Crippen molar-refractivity contribution in [1.29, 1.82) is 0 Å². The van der Waals surface area contributed by atoms with Crippen LogP contribution in [0.25, 0.3) is 21.9 Å². The third kappa shape index (κ3) is 1.46. The lowest BCUT2D eigenvalue weighted by Crippen LogP contribution is -2.17. The van der Waals surface area contributed by atoms with Gasteiger partial charge in [0, 0.05) is 0 Å². The first-order chi connectivity index (χ1) is 9.77. The average molecular weight is 262 g/mol. The van der Waals surface area contributed by atoms with E-state index in [2.05, 4.69) is 12.1 Å². The van der Waals surface area contributed by atoms with E-state index in [1.165, 1.54) is 0 Å².